The van der Waals surface area contributed by atoms with E-state index in [9.17, 15) is 14.0 Å². The zero-order valence-electron chi connectivity index (χ0n) is 11.4. The van der Waals surface area contributed by atoms with Crippen LogP contribution in [0.1, 0.15) is 12.5 Å². The van der Waals surface area contributed by atoms with Gasteiger partial charge in [0.25, 0.3) is 0 Å². The monoisotopic (exact) mass is 280 g/mol. The summed E-state index contributed by atoms with van der Waals surface area (Å²) in [6.45, 7) is 4.00. The van der Waals surface area contributed by atoms with Gasteiger partial charge in [-0.25, -0.2) is 9.18 Å². The van der Waals surface area contributed by atoms with Crippen molar-refractivity contribution in [2.24, 2.45) is 11.8 Å². The van der Waals surface area contributed by atoms with Crippen molar-refractivity contribution in [2.45, 2.75) is 13.8 Å². The first-order valence-corrected chi connectivity index (χ1v) is 6.44. The minimum Gasteiger partial charge on any atom is -0.481 e. The van der Waals surface area contributed by atoms with Crippen molar-refractivity contribution >= 4 is 17.7 Å². The van der Waals surface area contributed by atoms with Gasteiger partial charge in [0.2, 0.25) is 0 Å². The number of amides is 2. The van der Waals surface area contributed by atoms with Crippen LogP contribution < -0.4 is 5.32 Å². The molecule has 1 heterocycles. The Labute approximate surface area is 116 Å². The Bertz CT molecular complexity index is 527. The molecular weight excluding hydrogens is 263 g/mol. The number of nitrogens with zero attached hydrogens (tertiary/aromatic N) is 1. The average Bonchev–Trinajstić information content (AvgIpc) is 2.76. The van der Waals surface area contributed by atoms with Gasteiger partial charge in [-0.2, -0.15) is 0 Å². The van der Waals surface area contributed by atoms with Gasteiger partial charge in [-0.3, -0.25) is 4.79 Å². The summed E-state index contributed by atoms with van der Waals surface area (Å²) in [5, 5.41) is 11.6. The predicted molar refractivity (Wildman–Crippen MR) is 72.0 cm³/mol. The highest BCUT2D eigenvalue weighted by Crippen LogP contribution is 2.25. The number of urea groups is 1. The summed E-state index contributed by atoms with van der Waals surface area (Å²) in [7, 11) is 0. The van der Waals surface area contributed by atoms with Crippen LogP contribution in [0, 0.1) is 24.6 Å². The zero-order chi connectivity index (χ0) is 14.9. The SMILES string of the molecule is Cc1cccc(F)c1NC(=O)N1CC(C)C(C(=O)O)C1. The van der Waals surface area contributed by atoms with Crippen LogP contribution in [-0.2, 0) is 4.79 Å². The van der Waals surface area contributed by atoms with Gasteiger partial charge in [0.1, 0.15) is 5.82 Å². The van der Waals surface area contributed by atoms with Gasteiger partial charge in [0.05, 0.1) is 11.6 Å². The van der Waals surface area contributed by atoms with E-state index >= 15 is 0 Å². The molecule has 0 aliphatic carbocycles. The smallest absolute Gasteiger partial charge is 0.321 e. The van der Waals surface area contributed by atoms with Crippen molar-refractivity contribution in [3.8, 4) is 0 Å². The Morgan fingerprint density at radius 1 is 1.40 bits per heavy atom. The summed E-state index contributed by atoms with van der Waals surface area (Å²) in [5.74, 6) is -2.09. The molecule has 2 N–H and O–H groups in total. The molecule has 108 valence electrons. The third-order valence-electron chi connectivity index (χ3n) is 3.67. The largest absolute Gasteiger partial charge is 0.481 e. The number of carbonyl (C=O) groups excluding carboxylic acids is 1. The van der Waals surface area contributed by atoms with Gasteiger partial charge in [0, 0.05) is 13.1 Å². The minimum atomic E-state index is -0.908. The number of anilines is 1. The molecule has 6 heteroatoms. The fourth-order valence-electron chi connectivity index (χ4n) is 2.43. The Hall–Kier alpha value is -2.11. The summed E-state index contributed by atoms with van der Waals surface area (Å²) < 4.78 is 13.7. The molecule has 20 heavy (non-hydrogen) atoms. The fraction of sp³-hybridized carbons (Fsp3) is 0.429. The van der Waals surface area contributed by atoms with Gasteiger partial charge in [0.15, 0.2) is 0 Å². The number of benzene rings is 1. The molecule has 1 aliphatic heterocycles. The molecule has 0 bridgehead atoms. The summed E-state index contributed by atoms with van der Waals surface area (Å²) in [4.78, 5) is 24.5. The Morgan fingerprint density at radius 2 is 2.10 bits per heavy atom. The van der Waals surface area contributed by atoms with Crippen LogP contribution in [0.5, 0.6) is 0 Å². The number of carboxylic acid groups (broad SMARTS) is 1. The van der Waals surface area contributed by atoms with Crippen molar-refractivity contribution in [3.05, 3.63) is 29.6 Å². The third kappa shape index (κ3) is 2.74. The Kier molecular flexibility index (Phi) is 3.92. The molecule has 1 fully saturated rings. The zero-order valence-corrected chi connectivity index (χ0v) is 11.4. The maximum absolute atomic E-state index is 13.7. The molecule has 1 aromatic carbocycles. The lowest BCUT2D eigenvalue weighted by Gasteiger charge is -2.18. The van der Waals surface area contributed by atoms with Gasteiger partial charge in [-0.05, 0) is 24.5 Å². The van der Waals surface area contributed by atoms with Crippen molar-refractivity contribution in [1.82, 2.24) is 4.90 Å². The predicted octanol–water partition coefficient (Wildman–Crippen LogP) is 2.32. The number of para-hydroxylation sites is 1. The maximum Gasteiger partial charge on any atom is 0.321 e. The second kappa shape index (κ2) is 5.48. The topological polar surface area (TPSA) is 69.6 Å². The Balaban J connectivity index is 2.08. The number of hydrogen-bond acceptors (Lipinski definition) is 2. The van der Waals surface area contributed by atoms with Crippen LogP contribution in [0.25, 0.3) is 0 Å². The number of likely N-dealkylation sites (tertiary alicyclic amines) is 1. The van der Waals surface area contributed by atoms with Gasteiger partial charge in [-0.15, -0.1) is 0 Å². The highest BCUT2D eigenvalue weighted by Gasteiger charge is 2.37. The van der Waals surface area contributed by atoms with Crippen LogP contribution in [0.2, 0.25) is 0 Å². The first kappa shape index (κ1) is 14.3. The number of halogens is 1. The lowest BCUT2D eigenvalue weighted by atomic mass is 9.99. The van der Waals surface area contributed by atoms with Crippen molar-refractivity contribution in [1.29, 1.82) is 0 Å². The summed E-state index contributed by atoms with van der Waals surface area (Å²) in [6.07, 6.45) is 0. The van der Waals surface area contributed by atoms with Crippen LogP contribution in [0.15, 0.2) is 18.2 Å². The second-order valence-electron chi connectivity index (χ2n) is 5.19. The third-order valence-corrected chi connectivity index (χ3v) is 3.67. The fourth-order valence-corrected chi connectivity index (χ4v) is 2.43. The molecule has 2 amide bonds. The van der Waals surface area contributed by atoms with Crippen LogP contribution in [0.3, 0.4) is 0 Å². The molecule has 0 radical (unpaired) electrons. The Morgan fingerprint density at radius 3 is 2.65 bits per heavy atom. The maximum atomic E-state index is 13.7. The van der Waals surface area contributed by atoms with Gasteiger partial charge in [-0.1, -0.05) is 19.1 Å². The van der Waals surface area contributed by atoms with Crippen molar-refractivity contribution in [3.63, 3.8) is 0 Å². The molecule has 1 saturated heterocycles. The van der Waals surface area contributed by atoms with E-state index in [2.05, 4.69) is 5.32 Å². The normalized spacial score (nSPS) is 21.9. The van der Waals surface area contributed by atoms with Gasteiger partial charge >= 0.3 is 12.0 Å². The number of carboxylic acids is 1. The molecule has 0 saturated carbocycles. The van der Waals surface area contributed by atoms with E-state index in [1.165, 1.54) is 11.0 Å². The molecule has 0 spiro atoms. The second-order valence-corrected chi connectivity index (χ2v) is 5.19. The van der Waals surface area contributed by atoms with E-state index in [1.807, 2.05) is 0 Å². The number of aryl methyl sites for hydroxylation is 1. The highest BCUT2D eigenvalue weighted by atomic mass is 19.1. The van der Waals surface area contributed by atoms with Crippen molar-refractivity contribution in [2.75, 3.05) is 18.4 Å². The molecule has 1 aromatic rings. The molecule has 2 rings (SSSR count). The van der Waals surface area contributed by atoms with E-state index in [4.69, 9.17) is 5.11 Å². The van der Waals surface area contributed by atoms with E-state index in [0.29, 0.717) is 12.1 Å². The standard InChI is InChI=1S/C14H17FN2O3/c1-8-4-3-5-11(15)12(8)16-14(20)17-6-9(2)10(7-17)13(18)19/h3-5,9-10H,6-7H2,1-2H3,(H,16,20)(H,18,19). The van der Waals surface area contributed by atoms with Crippen LogP contribution in [0.4, 0.5) is 14.9 Å². The molecule has 0 aromatic heterocycles. The van der Waals surface area contributed by atoms with E-state index in [-0.39, 0.29) is 18.2 Å². The summed E-state index contributed by atoms with van der Waals surface area (Å²) in [5.41, 5.74) is 0.768. The van der Waals surface area contributed by atoms with Crippen LogP contribution in [-0.4, -0.2) is 35.1 Å². The molecule has 5 nitrogen and oxygen atoms in total. The number of aliphatic carboxylic acids is 1. The summed E-state index contributed by atoms with van der Waals surface area (Å²) in [6, 6.07) is 4.08. The number of nitrogens with one attached hydrogen (secondary N) is 1. The molecular formula is C14H17FN2O3. The van der Waals surface area contributed by atoms with Crippen molar-refractivity contribution < 1.29 is 19.1 Å². The van der Waals surface area contributed by atoms with Gasteiger partial charge < -0.3 is 15.3 Å². The lowest BCUT2D eigenvalue weighted by Crippen LogP contribution is -2.34. The first-order chi connectivity index (χ1) is 9.40. The quantitative estimate of drug-likeness (QED) is 0.873. The van der Waals surface area contributed by atoms with E-state index < -0.39 is 23.7 Å². The van der Waals surface area contributed by atoms with Crippen LogP contribution >= 0.6 is 0 Å². The number of hydrogen-bond donors (Lipinski definition) is 2. The molecule has 2 atom stereocenters. The number of rotatable bonds is 2. The molecule has 1 aliphatic rings. The minimum absolute atomic E-state index is 0.111. The number of carbonyl (C=O) groups is 2. The molecule has 2 unspecified atom stereocenters. The highest BCUT2D eigenvalue weighted by molar-refractivity contribution is 5.91. The van der Waals surface area contributed by atoms with E-state index in [1.54, 1.807) is 26.0 Å². The first-order valence-electron chi connectivity index (χ1n) is 6.44. The lowest BCUT2D eigenvalue weighted by molar-refractivity contribution is -0.142. The average molecular weight is 280 g/mol. The summed E-state index contributed by atoms with van der Waals surface area (Å²) >= 11 is 0. The van der Waals surface area contributed by atoms with E-state index in [0.717, 1.165) is 0 Å².